The Labute approximate surface area is 174 Å². The van der Waals surface area contributed by atoms with E-state index in [1.807, 2.05) is 56.5 Å². The highest BCUT2D eigenvalue weighted by atomic mass is 16.6. The van der Waals surface area contributed by atoms with E-state index in [2.05, 4.69) is 5.32 Å². The third-order valence-corrected chi connectivity index (χ3v) is 5.87. The van der Waals surface area contributed by atoms with Gasteiger partial charge in [-0.05, 0) is 57.5 Å². The molecular weight excluding hydrogens is 382 g/mol. The zero-order valence-electron chi connectivity index (χ0n) is 17.4. The van der Waals surface area contributed by atoms with Gasteiger partial charge in [0.2, 0.25) is 11.5 Å². The first kappa shape index (κ1) is 18.5. The maximum atomic E-state index is 12.4. The number of benzene rings is 1. The third kappa shape index (κ3) is 2.58. The number of anilines is 1. The van der Waals surface area contributed by atoms with Crippen molar-refractivity contribution in [3.63, 3.8) is 0 Å². The summed E-state index contributed by atoms with van der Waals surface area (Å²) < 4.78 is 17.4. The van der Waals surface area contributed by atoms with Crippen LogP contribution in [0.4, 0.5) is 5.88 Å². The number of nitrogens with zero attached hydrogens (tertiary/aromatic N) is 2. The third-order valence-electron chi connectivity index (χ3n) is 5.87. The van der Waals surface area contributed by atoms with E-state index in [4.69, 9.17) is 19.0 Å². The van der Waals surface area contributed by atoms with Crippen molar-refractivity contribution in [1.82, 2.24) is 5.32 Å². The number of hydrogen-bond donors (Lipinski definition) is 1. The lowest BCUT2D eigenvalue weighted by Gasteiger charge is -2.40. The molecule has 1 aliphatic carbocycles. The number of allylic oxidation sites excluding steroid dienone is 2. The molecule has 2 aromatic rings. The largest absolute Gasteiger partial charge is 0.497 e. The monoisotopic (exact) mass is 405 g/mol. The molecule has 1 aromatic heterocycles. The highest BCUT2D eigenvalue weighted by Gasteiger charge is 2.49. The van der Waals surface area contributed by atoms with E-state index >= 15 is 0 Å². The van der Waals surface area contributed by atoms with Crippen molar-refractivity contribution in [1.29, 1.82) is 0 Å². The average Bonchev–Trinajstić information content (AvgIpc) is 2.96. The van der Waals surface area contributed by atoms with E-state index in [0.717, 1.165) is 39.8 Å². The molecule has 1 N–H and O–H groups in total. The Morgan fingerprint density at radius 3 is 2.97 bits per heavy atom. The van der Waals surface area contributed by atoms with Crippen LogP contribution in [0.3, 0.4) is 0 Å². The molecule has 2 aliphatic heterocycles. The van der Waals surface area contributed by atoms with E-state index in [-0.39, 0.29) is 5.97 Å². The van der Waals surface area contributed by atoms with Crippen molar-refractivity contribution in [2.75, 3.05) is 12.1 Å². The van der Waals surface area contributed by atoms with E-state index in [9.17, 15) is 4.79 Å². The van der Waals surface area contributed by atoms with E-state index in [1.54, 1.807) is 19.0 Å². The number of hydrazone groups is 1. The number of furan rings is 1. The van der Waals surface area contributed by atoms with Gasteiger partial charge in [0.25, 0.3) is 0 Å². The van der Waals surface area contributed by atoms with Gasteiger partial charge in [-0.3, -0.25) is 0 Å². The molecule has 7 heteroatoms. The molecule has 3 heterocycles. The number of amidine groups is 1. The van der Waals surface area contributed by atoms with Crippen LogP contribution in [0.5, 0.6) is 5.75 Å². The summed E-state index contributed by atoms with van der Waals surface area (Å²) >= 11 is 0. The lowest BCUT2D eigenvalue weighted by atomic mass is 9.82. The summed E-state index contributed by atoms with van der Waals surface area (Å²) in [5.74, 6) is 1.62. The van der Waals surface area contributed by atoms with Crippen molar-refractivity contribution in [2.24, 2.45) is 5.10 Å². The van der Waals surface area contributed by atoms with Gasteiger partial charge in [-0.2, -0.15) is 0 Å². The summed E-state index contributed by atoms with van der Waals surface area (Å²) in [5, 5.41) is 10.7. The van der Waals surface area contributed by atoms with Crippen molar-refractivity contribution in [3.05, 3.63) is 59.3 Å². The number of methoxy groups -OCH3 is 1. The number of esters is 1. The summed E-state index contributed by atoms with van der Waals surface area (Å²) in [7, 11) is 1.64. The molecule has 1 saturated heterocycles. The second-order valence-electron chi connectivity index (χ2n) is 7.83. The van der Waals surface area contributed by atoms with Crippen LogP contribution in [0.1, 0.15) is 25.8 Å². The SMILES string of the molecule is COc1ccc2oc(N3C=CC4=C(C)CC=CC45OC(=O)C(C)NC5=N3)c(C)c2c1. The Hall–Kier alpha value is -3.48. The minimum atomic E-state index is -1.04. The quantitative estimate of drug-likeness (QED) is 0.602. The van der Waals surface area contributed by atoms with E-state index in [1.165, 1.54) is 0 Å². The fourth-order valence-electron chi connectivity index (χ4n) is 4.18. The predicted octanol–water partition coefficient (Wildman–Crippen LogP) is 3.95. The second-order valence-corrected chi connectivity index (χ2v) is 7.83. The minimum absolute atomic E-state index is 0.306. The van der Waals surface area contributed by atoms with Crippen LogP contribution in [0.15, 0.2) is 63.3 Å². The Bertz CT molecular complexity index is 1190. The number of hydrogen-bond acceptors (Lipinski definition) is 7. The first-order valence-electron chi connectivity index (χ1n) is 9.94. The Kier molecular flexibility index (Phi) is 4.03. The van der Waals surface area contributed by atoms with E-state index in [0.29, 0.717) is 11.7 Å². The molecule has 154 valence electrons. The van der Waals surface area contributed by atoms with Crippen LogP contribution in [-0.2, 0) is 9.53 Å². The lowest BCUT2D eigenvalue weighted by molar-refractivity contribution is -0.152. The van der Waals surface area contributed by atoms with Crippen LogP contribution in [0.25, 0.3) is 11.0 Å². The molecule has 3 aliphatic rings. The zero-order valence-corrected chi connectivity index (χ0v) is 17.4. The van der Waals surface area contributed by atoms with Gasteiger partial charge < -0.3 is 19.2 Å². The van der Waals surface area contributed by atoms with Crippen molar-refractivity contribution < 1.29 is 18.7 Å². The maximum Gasteiger partial charge on any atom is 0.329 e. The predicted molar refractivity (Wildman–Crippen MR) is 114 cm³/mol. The molecule has 2 atom stereocenters. The van der Waals surface area contributed by atoms with Crippen LogP contribution in [0.2, 0.25) is 0 Å². The molecule has 0 bridgehead atoms. The van der Waals surface area contributed by atoms with Crippen LogP contribution < -0.4 is 15.1 Å². The summed E-state index contributed by atoms with van der Waals surface area (Å²) in [4.78, 5) is 12.4. The summed E-state index contributed by atoms with van der Waals surface area (Å²) in [5.41, 5.74) is 2.69. The first-order chi connectivity index (χ1) is 14.4. The second kappa shape index (κ2) is 6.52. The minimum Gasteiger partial charge on any atom is -0.497 e. The highest BCUT2D eigenvalue weighted by Crippen LogP contribution is 2.40. The molecule has 1 fully saturated rings. The number of carbonyl (C=O) groups excluding carboxylic acids is 1. The molecular formula is C23H23N3O4. The van der Waals surface area contributed by atoms with Crippen LogP contribution >= 0.6 is 0 Å². The number of nitrogens with one attached hydrogen (secondary N) is 1. The van der Waals surface area contributed by atoms with Gasteiger partial charge in [0, 0.05) is 22.7 Å². The maximum absolute atomic E-state index is 12.4. The number of morpholine rings is 1. The van der Waals surface area contributed by atoms with Crippen molar-refractivity contribution in [2.45, 2.75) is 38.8 Å². The molecule has 1 spiro atoms. The molecule has 5 rings (SSSR count). The smallest absolute Gasteiger partial charge is 0.329 e. The van der Waals surface area contributed by atoms with Gasteiger partial charge in [-0.25, -0.2) is 9.80 Å². The van der Waals surface area contributed by atoms with Gasteiger partial charge in [0.1, 0.15) is 17.4 Å². The van der Waals surface area contributed by atoms with Crippen molar-refractivity contribution in [3.8, 4) is 5.75 Å². The fourth-order valence-corrected chi connectivity index (χ4v) is 4.18. The van der Waals surface area contributed by atoms with Gasteiger partial charge in [-0.15, -0.1) is 5.10 Å². The number of aryl methyl sites for hydroxylation is 1. The normalized spacial score (nSPS) is 25.3. The lowest BCUT2D eigenvalue weighted by Crippen LogP contribution is -2.61. The Balaban J connectivity index is 1.68. The summed E-state index contributed by atoms with van der Waals surface area (Å²) in [6.45, 7) is 5.80. The standard InChI is InChI=1S/C23H23N3O4/c1-13-6-5-10-23-18(13)9-11-26(25-22(23)24-15(3)21(27)30-23)20-14(2)17-12-16(28-4)7-8-19(17)29-20/h5,7-12,15H,6H2,1-4H3,(H,24,25). The van der Waals surface area contributed by atoms with Gasteiger partial charge in [0.15, 0.2) is 5.84 Å². The summed E-state index contributed by atoms with van der Waals surface area (Å²) in [6, 6.07) is 5.21. The molecule has 0 amide bonds. The molecule has 30 heavy (non-hydrogen) atoms. The van der Waals surface area contributed by atoms with E-state index < -0.39 is 11.6 Å². The number of ether oxygens (including phenoxy) is 2. The zero-order chi connectivity index (χ0) is 21.0. The highest BCUT2D eigenvalue weighted by molar-refractivity contribution is 6.04. The number of carbonyl (C=O) groups is 1. The summed E-state index contributed by atoms with van der Waals surface area (Å²) in [6.07, 6.45) is 8.53. The molecule has 7 nitrogen and oxygen atoms in total. The van der Waals surface area contributed by atoms with Gasteiger partial charge in [0.05, 0.1) is 7.11 Å². The Morgan fingerprint density at radius 1 is 1.33 bits per heavy atom. The fraction of sp³-hybridized carbons (Fsp3) is 0.304. The van der Waals surface area contributed by atoms with Crippen LogP contribution in [-0.4, -0.2) is 30.6 Å². The molecule has 1 aromatic carbocycles. The molecule has 2 unspecified atom stereocenters. The topological polar surface area (TPSA) is 76.3 Å². The number of fused-ring (bicyclic) bond motifs is 1. The Morgan fingerprint density at radius 2 is 2.17 bits per heavy atom. The number of rotatable bonds is 2. The van der Waals surface area contributed by atoms with Gasteiger partial charge in [-0.1, -0.05) is 11.6 Å². The first-order valence-corrected chi connectivity index (χ1v) is 9.94. The van der Waals surface area contributed by atoms with Gasteiger partial charge >= 0.3 is 5.97 Å². The average molecular weight is 405 g/mol. The van der Waals surface area contributed by atoms with Crippen molar-refractivity contribution >= 4 is 28.7 Å². The molecule has 0 saturated carbocycles. The van der Waals surface area contributed by atoms with Crippen LogP contribution in [0, 0.1) is 6.92 Å². The molecule has 0 radical (unpaired) electrons.